The lowest BCUT2D eigenvalue weighted by molar-refractivity contribution is 0.306. The van der Waals surface area contributed by atoms with E-state index in [1.54, 1.807) is 28.8 Å². The molecule has 4 rings (SSSR count). The third kappa shape index (κ3) is 4.68. The van der Waals surface area contributed by atoms with Gasteiger partial charge in [-0.1, -0.05) is 29.8 Å². The van der Waals surface area contributed by atoms with E-state index in [-0.39, 0.29) is 5.69 Å². The van der Waals surface area contributed by atoms with Gasteiger partial charge in [0.05, 0.1) is 11.0 Å². The second-order valence-corrected chi connectivity index (χ2v) is 8.19. The van der Waals surface area contributed by atoms with Crippen LogP contribution in [0.1, 0.15) is 43.2 Å². The van der Waals surface area contributed by atoms with Crippen LogP contribution in [-0.4, -0.2) is 15.7 Å². The molecule has 0 spiro atoms. The van der Waals surface area contributed by atoms with Crippen molar-refractivity contribution in [2.45, 2.75) is 45.3 Å². The Hall–Kier alpha value is -2.79. The minimum atomic E-state index is -0.0114. The molecule has 1 heterocycles. The summed E-state index contributed by atoms with van der Waals surface area (Å²) >= 11 is 0. The number of aryl methyl sites for hydroxylation is 2. The number of hydrogen-bond acceptors (Lipinski definition) is 3. The van der Waals surface area contributed by atoms with Gasteiger partial charge in [-0.25, -0.2) is 4.79 Å². The highest BCUT2D eigenvalue weighted by molar-refractivity contribution is 5.76. The van der Waals surface area contributed by atoms with Gasteiger partial charge in [-0.05, 0) is 74.0 Å². The van der Waals surface area contributed by atoms with E-state index in [0.717, 1.165) is 35.4 Å². The van der Waals surface area contributed by atoms with Gasteiger partial charge in [0.2, 0.25) is 0 Å². The summed E-state index contributed by atoms with van der Waals surface area (Å²) in [5.41, 5.74) is 5.78. The number of fused-ring (bicyclic) bond motifs is 1. The Morgan fingerprint density at radius 3 is 2.50 bits per heavy atom. The van der Waals surface area contributed by atoms with Crippen molar-refractivity contribution in [3.05, 3.63) is 75.7 Å². The molecule has 0 saturated carbocycles. The van der Waals surface area contributed by atoms with Gasteiger partial charge in [0.15, 0.2) is 0 Å². The van der Waals surface area contributed by atoms with Crippen LogP contribution in [0, 0.1) is 0 Å². The van der Waals surface area contributed by atoms with E-state index in [1.165, 1.54) is 37.7 Å². The highest BCUT2D eigenvalue weighted by Gasteiger charge is 2.08. The minimum Gasteiger partial charge on any atom is -0.489 e. The third-order valence-electron chi connectivity index (χ3n) is 6.00. The van der Waals surface area contributed by atoms with Crippen molar-refractivity contribution in [2.75, 3.05) is 6.54 Å². The summed E-state index contributed by atoms with van der Waals surface area (Å²) in [5, 5.41) is 3.54. The average molecular weight is 406 g/mol. The Labute approximate surface area is 178 Å². The van der Waals surface area contributed by atoms with Gasteiger partial charge in [-0.15, -0.1) is 0 Å². The van der Waals surface area contributed by atoms with Gasteiger partial charge in [-0.3, -0.25) is 9.13 Å². The van der Waals surface area contributed by atoms with E-state index >= 15 is 0 Å². The number of nitrogens with one attached hydrogen (secondary N) is 1. The number of aromatic nitrogens is 2. The number of nitrogens with zero attached hydrogens (tertiary/aromatic N) is 2. The molecule has 0 amide bonds. The molecule has 1 N–H and O–H groups in total. The van der Waals surface area contributed by atoms with Crippen molar-refractivity contribution in [1.29, 1.82) is 0 Å². The molecule has 0 bridgehead atoms. The molecule has 2 aromatic carbocycles. The standard InChI is InChI=1S/C25H31N3O2/c1-27-23-13-10-21(16-24(23)28(2)25(27)29)18-30-22-11-8-20(9-12-22)17-26-15-14-19-6-4-3-5-7-19/h6,8-13,16,26H,3-5,7,14-15,17-18H2,1-2H3. The Morgan fingerprint density at radius 2 is 1.73 bits per heavy atom. The Bertz CT molecular complexity index is 1090. The van der Waals surface area contributed by atoms with Crippen molar-refractivity contribution >= 4 is 11.0 Å². The molecule has 0 atom stereocenters. The van der Waals surface area contributed by atoms with Crippen molar-refractivity contribution in [3.8, 4) is 5.75 Å². The number of imidazole rings is 1. The molecule has 0 aliphatic heterocycles. The Morgan fingerprint density at radius 1 is 0.967 bits per heavy atom. The molecule has 5 heteroatoms. The maximum absolute atomic E-state index is 12.1. The van der Waals surface area contributed by atoms with Crippen molar-refractivity contribution < 1.29 is 4.74 Å². The van der Waals surface area contributed by atoms with Crippen LogP contribution in [-0.2, 0) is 27.2 Å². The number of rotatable bonds is 8. The molecular formula is C25H31N3O2. The van der Waals surface area contributed by atoms with Crippen LogP contribution >= 0.6 is 0 Å². The molecule has 5 nitrogen and oxygen atoms in total. The molecule has 0 fully saturated rings. The van der Waals surface area contributed by atoms with Crippen LogP contribution in [0.4, 0.5) is 0 Å². The average Bonchev–Trinajstić information content (AvgIpc) is 3.00. The predicted molar refractivity (Wildman–Crippen MR) is 122 cm³/mol. The zero-order valence-electron chi connectivity index (χ0n) is 18.0. The van der Waals surface area contributed by atoms with Crippen molar-refractivity contribution in [3.63, 3.8) is 0 Å². The SMILES string of the molecule is Cn1c(=O)n(C)c2cc(COc3ccc(CNCCC4=CCCCC4)cc3)ccc21. The molecule has 158 valence electrons. The predicted octanol–water partition coefficient (Wildman–Crippen LogP) is 4.44. The lowest BCUT2D eigenvalue weighted by Gasteiger charge is -2.13. The normalized spacial score (nSPS) is 14.1. The summed E-state index contributed by atoms with van der Waals surface area (Å²) in [6.45, 7) is 2.40. The molecule has 0 saturated heterocycles. The molecule has 3 aromatic rings. The quantitative estimate of drug-likeness (QED) is 0.445. The fraction of sp³-hybridized carbons (Fsp3) is 0.400. The monoisotopic (exact) mass is 405 g/mol. The summed E-state index contributed by atoms with van der Waals surface area (Å²) in [6, 6.07) is 14.3. The molecule has 0 unspecified atom stereocenters. The topological polar surface area (TPSA) is 48.2 Å². The van der Waals surface area contributed by atoms with Gasteiger partial charge in [0.1, 0.15) is 12.4 Å². The van der Waals surface area contributed by atoms with Gasteiger partial charge in [0, 0.05) is 20.6 Å². The largest absolute Gasteiger partial charge is 0.489 e. The summed E-state index contributed by atoms with van der Waals surface area (Å²) in [7, 11) is 3.60. The Kier molecular flexibility index (Phi) is 6.38. The van der Waals surface area contributed by atoms with E-state index in [4.69, 9.17) is 4.74 Å². The van der Waals surface area contributed by atoms with E-state index in [2.05, 4.69) is 23.5 Å². The first-order chi connectivity index (χ1) is 14.6. The summed E-state index contributed by atoms with van der Waals surface area (Å²) < 4.78 is 9.29. The molecule has 1 aromatic heterocycles. The van der Waals surface area contributed by atoms with E-state index < -0.39 is 0 Å². The first kappa shape index (κ1) is 20.5. The highest BCUT2D eigenvalue weighted by atomic mass is 16.5. The van der Waals surface area contributed by atoms with E-state index in [9.17, 15) is 4.79 Å². The number of allylic oxidation sites excluding steroid dienone is 1. The Balaban J connectivity index is 1.27. The zero-order valence-corrected chi connectivity index (χ0v) is 18.0. The number of ether oxygens (including phenoxy) is 1. The van der Waals surface area contributed by atoms with Crippen LogP contribution in [0.3, 0.4) is 0 Å². The summed E-state index contributed by atoms with van der Waals surface area (Å²) in [6.07, 6.45) is 8.83. The lowest BCUT2D eigenvalue weighted by atomic mass is 9.97. The first-order valence-electron chi connectivity index (χ1n) is 10.9. The smallest absolute Gasteiger partial charge is 0.328 e. The van der Waals surface area contributed by atoms with Crippen LogP contribution < -0.4 is 15.7 Å². The molecular weight excluding hydrogens is 374 g/mol. The van der Waals surface area contributed by atoms with Crippen LogP contribution in [0.15, 0.2) is 58.9 Å². The summed E-state index contributed by atoms with van der Waals surface area (Å²) in [5.74, 6) is 0.855. The number of hydrogen-bond donors (Lipinski definition) is 1. The number of benzene rings is 2. The van der Waals surface area contributed by atoms with Crippen LogP contribution in [0.25, 0.3) is 11.0 Å². The molecule has 30 heavy (non-hydrogen) atoms. The van der Waals surface area contributed by atoms with Crippen LogP contribution in [0.2, 0.25) is 0 Å². The third-order valence-corrected chi connectivity index (χ3v) is 6.00. The maximum atomic E-state index is 12.1. The fourth-order valence-corrected chi connectivity index (χ4v) is 4.13. The zero-order chi connectivity index (χ0) is 20.9. The summed E-state index contributed by atoms with van der Waals surface area (Å²) in [4.78, 5) is 12.1. The van der Waals surface area contributed by atoms with E-state index in [0.29, 0.717) is 6.61 Å². The molecule has 1 aliphatic rings. The highest BCUT2D eigenvalue weighted by Crippen LogP contribution is 2.20. The lowest BCUT2D eigenvalue weighted by Crippen LogP contribution is -2.19. The van der Waals surface area contributed by atoms with Crippen molar-refractivity contribution in [1.82, 2.24) is 14.5 Å². The molecule has 0 radical (unpaired) electrons. The maximum Gasteiger partial charge on any atom is 0.328 e. The van der Waals surface area contributed by atoms with Crippen molar-refractivity contribution in [2.24, 2.45) is 14.1 Å². The van der Waals surface area contributed by atoms with Gasteiger partial charge in [0.25, 0.3) is 0 Å². The first-order valence-corrected chi connectivity index (χ1v) is 10.9. The van der Waals surface area contributed by atoms with Gasteiger partial charge < -0.3 is 10.1 Å². The van der Waals surface area contributed by atoms with Crippen LogP contribution in [0.5, 0.6) is 5.75 Å². The molecule has 1 aliphatic carbocycles. The minimum absolute atomic E-state index is 0.0114. The fourth-order valence-electron chi connectivity index (χ4n) is 4.13. The van der Waals surface area contributed by atoms with Gasteiger partial charge >= 0.3 is 5.69 Å². The second-order valence-electron chi connectivity index (χ2n) is 8.19. The van der Waals surface area contributed by atoms with E-state index in [1.807, 2.05) is 30.3 Å². The van der Waals surface area contributed by atoms with Gasteiger partial charge in [-0.2, -0.15) is 0 Å². The second kappa shape index (κ2) is 9.35.